The summed E-state index contributed by atoms with van der Waals surface area (Å²) in [6, 6.07) is 10.5. The van der Waals surface area contributed by atoms with Gasteiger partial charge in [-0.3, -0.25) is 4.68 Å². The molecule has 0 fully saturated rings. The molecule has 90 valence electrons. The lowest BCUT2D eigenvalue weighted by Gasteiger charge is -2.11. The zero-order chi connectivity index (χ0) is 12.1. The Morgan fingerprint density at radius 1 is 1.29 bits per heavy atom. The van der Waals surface area contributed by atoms with Crippen LogP contribution in [0.15, 0.2) is 36.5 Å². The summed E-state index contributed by atoms with van der Waals surface area (Å²) in [6.07, 6.45) is 2.97. The molecule has 1 unspecified atom stereocenters. The van der Waals surface area contributed by atoms with Crippen LogP contribution in [-0.4, -0.2) is 15.0 Å². The van der Waals surface area contributed by atoms with E-state index in [-0.39, 0.29) is 0 Å². The van der Waals surface area contributed by atoms with E-state index in [0.29, 0.717) is 12.5 Å². The van der Waals surface area contributed by atoms with Crippen molar-refractivity contribution in [2.75, 3.05) is 0 Å². The maximum Gasteiger partial charge on any atom is 0.0962 e. The van der Waals surface area contributed by atoms with Crippen LogP contribution in [0.4, 0.5) is 0 Å². The second kappa shape index (κ2) is 5.59. The Hall–Kier alpha value is -1.68. The fourth-order valence-corrected chi connectivity index (χ4v) is 1.82. The van der Waals surface area contributed by atoms with Crippen LogP contribution in [0.1, 0.15) is 30.5 Å². The van der Waals surface area contributed by atoms with Gasteiger partial charge in [-0.2, -0.15) is 0 Å². The number of nitrogens with zero attached hydrogens (tertiary/aromatic N) is 3. The number of rotatable bonds is 5. The third kappa shape index (κ3) is 3.14. The Morgan fingerprint density at radius 3 is 2.71 bits per heavy atom. The predicted molar refractivity (Wildman–Crippen MR) is 67.4 cm³/mol. The van der Waals surface area contributed by atoms with Gasteiger partial charge in [-0.1, -0.05) is 42.5 Å². The lowest BCUT2D eigenvalue weighted by Crippen LogP contribution is -2.03. The molecule has 0 aliphatic heterocycles. The zero-order valence-corrected chi connectivity index (χ0v) is 10.1. The van der Waals surface area contributed by atoms with E-state index in [0.717, 1.165) is 18.7 Å². The van der Waals surface area contributed by atoms with E-state index in [1.165, 1.54) is 5.56 Å². The van der Waals surface area contributed by atoms with Crippen LogP contribution >= 0.6 is 0 Å². The minimum atomic E-state index is 0.453. The summed E-state index contributed by atoms with van der Waals surface area (Å²) in [7, 11) is 0. The molecular weight excluding hydrogens is 212 g/mol. The Balaban J connectivity index is 1.90. The summed E-state index contributed by atoms with van der Waals surface area (Å²) in [5.74, 6) is 0.529. The van der Waals surface area contributed by atoms with Gasteiger partial charge in [0.2, 0.25) is 0 Å². The Kier molecular flexibility index (Phi) is 3.88. The highest BCUT2D eigenvalue weighted by Gasteiger charge is 2.06. The molecule has 0 saturated carbocycles. The molecule has 4 heteroatoms. The van der Waals surface area contributed by atoms with Crippen molar-refractivity contribution in [3.8, 4) is 0 Å². The van der Waals surface area contributed by atoms with Gasteiger partial charge in [-0.05, 0) is 17.9 Å². The molecule has 0 aliphatic rings. The smallest absolute Gasteiger partial charge is 0.0962 e. The molecular formula is C13H18N4. The van der Waals surface area contributed by atoms with E-state index < -0.39 is 0 Å². The number of hydrogen-bond donors (Lipinski definition) is 1. The molecule has 17 heavy (non-hydrogen) atoms. The SMILES string of the molecule is CC(CCn1cc(CN)nn1)c1ccccc1. The van der Waals surface area contributed by atoms with Gasteiger partial charge in [0.1, 0.15) is 0 Å². The van der Waals surface area contributed by atoms with E-state index in [1.54, 1.807) is 0 Å². The van der Waals surface area contributed by atoms with Gasteiger partial charge in [0.25, 0.3) is 0 Å². The summed E-state index contributed by atoms with van der Waals surface area (Å²) >= 11 is 0. The monoisotopic (exact) mass is 230 g/mol. The molecule has 0 bridgehead atoms. The van der Waals surface area contributed by atoms with Crippen molar-refractivity contribution >= 4 is 0 Å². The van der Waals surface area contributed by atoms with Gasteiger partial charge in [0, 0.05) is 19.3 Å². The number of aromatic nitrogens is 3. The highest BCUT2D eigenvalue weighted by atomic mass is 15.4. The lowest BCUT2D eigenvalue weighted by atomic mass is 9.98. The van der Waals surface area contributed by atoms with Crippen molar-refractivity contribution in [1.82, 2.24) is 15.0 Å². The quantitative estimate of drug-likeness (QED) is 0.854. The highest BCUT2D eigenvalue weighted by Crippen LogP contribution is 2.18. The molecule has 0 spiro atoms. The van der Waals surface area contributed by atoms with Gasteiger partial charge in [-0.25, -0.2) is 0 Å². The van der Waals surface area contributed by atoms with Crippen LogP contribution in [0.3, 0.4) is 0 Å². The highest BCUT2D eigenvalue weighted by molar-refractivity contribution is 5.18. The molecule has 2 rings (SSSR count). The van der Waals surface area contributed by atoms with Crippen molar-refractivity contribution in [2.24, 2.45) is 5.73 Å². The molecule has 1 aromatic carbocycles. The molecule has 2 aromatic rings. The Labute approximate surface area is 101 Å². The molecule has 0 aliphatic carbocycles. The first kappa shape index (κ1) is 11.8. The van der Waals surface area contributed by atoms with E-state index in [1.807, 2.05) is 16.9 Å². The van der Waals surface area contributed by atoms with E-state index >= 15 is 0 Å². The summed E-state index contributed by atoms with van der Waals surface area (Å²) in [5, 5.41) is 8.01. The lowest BCUT2D eigenvalue weighted by molar-refractivity contribution is 0.520. The molecule has 0 radical (unpaired) electrons. The fraction of sp³-hybridized carbons (Fsp3) is 0.385. The van der Waals surface area contributed by atoms with Gasteiger partial charge in [0.15, 0.2) is 0 Å². The van der Waals surface area contributed by atoms with Crippen LogP contribution in [-0.2, 0) is 13.1 Å². The summed E-state index contributed by atoms with van der Waals surface area (Å²) in [6.45, 7) is 3.56. The molecule has 4 nitrogen and oxygen atoms in total. The van der Waals surface area contributed by atoms with Crippen molar-refractivity contribution in [3.63, 3.8) is 0 Å². The maximum absolute atomic E-state index is 5.49. The van der Waals surface area contributed by atoms with Gasteiger partial charge in [0.05, 0.1) is 5.69 Å². The third-order valence-corrected chi connectivity index (χ3v) is 2.96. The standard InChI is InChI=1S/C13H18N4/c1-11(12-5-3-2-4-6-12)7-8-17-10-13(9-14)15-16-17/h2-6,10-11H,7-9,14H2,1H3. The van der Waals surface area contributed by atoms with Gasteiger partial charge >= 0.3 is 0 Å². The Bertz CT molecular complexity index is 449. The van der Waals surface area contributed by atoms with Crippen molar-refractivity contribution in [3.05, 3.63) is 47.8 Å². The van der Waals surface area contributed by atoms with Crippen molar-refractivity contribution < 1.29 is 0 Å². The molecule has 1 atom stereocenters. The maximum atomic E-state index is 5.49. The average Bonchev–Trinajstić information content (AvgIpc) is 2.85. The van der Waals surface area contributed by atoms with Crippen LogP contribution in [0.25, 0.3) is 0 Å². The van der Waals surface area contributed by atoms with Gasteiger partial charge in [-0.15, -0.1) is 5.10 Å². The van der Waals surface area contributed by atoms with Crippen LogP contribution in [0.5, 0.6) is 0 Å². The number of nitrogens with two attached hydrogens (primary N) is 1. The average molecular weight is 230 g/mol. The van der Waals surface area contributed by atoms with Gasteiger partial charge < -0.3 is 5.73 Å². The zero-order valence-electron chi connectivity index (χ0n) is 10.1. The molecule has 2 N–H and O–H groups in total. The van der Waals surface area contributed by atoms with Crippen LogP contribution in [0, 0.1) is 0 Å². The normalized spacial score (nSPS) is 12.6. The van der Waals surface area contributed by atoms with Crippen LogP contribution in [0.2, 0.25) is 0 Å². The first-order valence-corrected chi connectivity index (χ1v) is 5.93. The number of aryl methyl sites for hydroxylation is 1. The molecule has 0 amide bonds. The number of hydrogen-bond acceptors (Lipinski definition) is 3. The minimum absolute atomic E-state index is 0.453. The molecule has 1 aromatic heterocycles. The Morgan fingerprint density at radius 2 is 2.06 bits per heavy atom. The second-order valence-corrected chi connectivity index (χ2v) is 4.28. The first-order valence-electron chi connectivity index (χ1n) is 5.93. The second-order valence-electron chi connectivity index (χ2n) is 4.28. The van der Waals surface area contributed by atoms with E-state index in [9.17, 15) is 0 Å². The summed E-state index contributed by atoms with van der Waals surface area (Å²) in [4.78, 5) is 0. The fourth-order valence-electron chi connectivity index (χ4n) is 1.82. The van der Waals surface area contributed by atoms with E-state index in [2.05, 4.69) is 41.5 Å². The first-order chi connectivity index (χ1) is 8.29. The predicted octanol–water partition coefficient (Wildman–Crippen LogP) is 1.93. The molecule has 0 saturated heterocycles. The topological polar surface area (TPSA) is 56.7 Å². The van der Waals surface area contributed by atoms with Crippen molar-refractivity contribution in [2.45, 2.75) is 32.4 Å². The number of benzene rings is 1. The van der Waals surface area contributed by atoms with E-state index in [4.69, 9.17) is 5.73 Å². The third-order valence-electron chi connectivity index (χ3n) is 2.96. The largest absolute Gasteiger partial charge is 0.325 e. The molecule has 1 heterocycles. The minimum Gasteiger partial charge on any atom is -0.325 e. The van der Waals surface area contributed by atoms with Crippen molar-refractivity contribution in [1.29, 1.82) is 0 Å². The summed E-state index contributed by atoms with van der Waals surface area (Å²) < 4.78 is 1.86. The summed E-state index contributed by atoms with van der Waals surface area (Å²) in [5.41, 5.74) is 7.71. The van der Waals surface area contributed by atoms with Crippen LogP contribution < -0.4 is 5.73 Å².